The average Bonchev–Trinajstić information content (AvgIpc) is 3.28. The zero-order chi connectivity index (χ0) is 19.8. The van der Waals surface area contributed by atoms with Crippen LogP contribution in [0.5, 0.6) is 5.88 Å². The molecule has 5 rings (SSSR count). The molecule has 0 amide bonds. The summed E-state index contributed by atoms with van der Waals surface area (Å²) in [5, 5.41) is 21.8. The summed E-state index contributed by atoms with van der Waals surface area (Å²) in [6, 6.07) is 15.7. The van der Waals surface area contributed by atoms with Gasteiger partial charge < -0.3 is 10.1 Å². The van der Waals surface area contributed by atoms with Crippen LogP contribution in [0.3, 0.4) is 0 Å². The van der Waals surface area contributed by atoms with Gasteiger partial charge >= 0.3 is 0 Å². The topological polar surface area (TPSA) is 73.6 Å². The molecule has 3 heterocycles. The Morgan fingerprint density at radius 1 is 0.931 bits per heavy atom. The molecular weight excluding hydrogens is 428 g/mol. The molecule has 0 fully saturated rings. The van der Waals surface area contributed by atoms with Gasteiger partial charge in [-0.15, -0.1) is 10.2 Å². The van der Waals surface area contributed by atoms with E-state index in [-0.39, 0.29) is 5.88 Å². The van der Waals surface area contributed by atoms with Crippen molar-refractivity contribution in [3.05, 3.63) is 93.0 Å². The highest BCUT2D eigenvalue weighted by atomic mass is 79.9. The van der Waals surface area contributed by atoms with Crippen molar-refractivity contribution >= 4 is 50.4 Å². The SMILES string of the molecule is Oc1[nH]c2ccc(Br)cc2c1C=c1ccc2c(c1)N=NC=2/C=C/c1ccncc1. The maximum Gasteiger partial charge on any atom is 0.196 e. The fraction of sp³-hybridized carbons (Fsp3) is 0. The molecule has 2 aromatic heterocycles. The summed E-state index contributed by atoms with van der Waals surface area (Å²) in [6.45, 7) is 0. The summed E-state index contributed by atoms with van der Waals surface area (Å²) in [5.74, 6) is 0.146. The van der Waals surface area contributed by atoms with Gasteiger partial charge in [0, 0.05) is 38.6 Å². The Labute approximate surface area is 174 Å². The van der Waals surface area contributed by atoms with Crippen LogP contribution in [-0.2, 0) is 0 Å². The minimum absolute atomic E-state index is 0.146. The quantitative estimate of drug-likeness (QED) is 0.479. The molecule has 4 aromatic rings. The van der Waals surface area contributed by atoms with Gasteiger partial charge in [-0.3, -0.25) is 4.98 Å². The molecule has 0 radical (unpaired) electrons. The number of azo groups is 1. The molecule has 0 spiro atoms. The molecule has 29 heavy (non-hydrogen) atoms. The van der Waals surface area contributed by atoms with Gasteiger partial charge in [0.2, 0.25) is 0 Å². The van der Waals surface area contributed by atoms with E-state index in [0.717, 1.165) is 48.3 Å². The lowest BCUT2D eigenvalue weighted by Crippen LogP contribution is -2.08. The summed E-state index contributed by atoms with van der Waals surface area (Å²) in [6.07, 6.45) is 9.41. The van der Waals surface area contributed by atoms with Gasteiger partial charge in [0.15, 0.2) is 5.88 Å². The van der Waals surface area contributed by atoms with Crippen molar-refractivity contribution in [3.8, 4) is 5.88 Å². The lowest BCUT2D eigenvalue weighted by atomic mass is 10.1. The van der Waals surface area contributed by atoms with Crippen molar-refractivity contribution in [2.45, 2.75) is 0 Å². The first-order valence-electron chi connectivity index (χ1n) is 9.03. The van der Waals surface area contributed by atoms with Gasteiger partial charge in [0.1, 0.15) is 0 Å². The summed E-state index contributed by atoms with van der Waals surface area (Å²) < 4.78 is 0.960. The second kappa shape index (κ2) is 7.14. The molecule has 0 atom stereocenters. The lowest BCUT2D eigenvalue weighted by molar-refractivity contribution is 0.457. The normalized spacial score (nSPS) is 13.7. The third kappa shape index (κ3) is 3.39. The summed E-state index contributed by atoms with van der Waals surface area (Å²) >= 11 is 3.49. The highest BCUT2D eigenvalue weighted by Gasteiger charge is 2.10. The van der Waals surface area contributed by atoms with E-state index in [9.17, 15) is 5.11 Å². The lowest BCUT2D eigenvalue weighted by Gasteiger charge is -1.96. The number of nitrogens with one attached hydrogen (secondary N) is 1. The van der Waals surface area contributed by atoms with Gasteiger partial charge in [-0.05, 0) is 65.4 Å². The van der Waals surface area contributed by atoms with Gasteiger partial charge in [0.25, 0.3) is 0 Å². The van der Waals surface area contributed by atoms with Crippen LogP contribution >= 0.6 is 15.9 Å². The molecule has 0 unspecified atom stereocenters. The fourth-order valence-electron chi connectivity index (χ4n) is 3.36. The Bertz CT molecular complexity index is 1420. The van der Waals surface area contributed by atoms with E-state index in [2.05, 4.69) is 36.1 Å². The number of aromatic nitrogens is 2. The van der Waals surface area contributed by atoms with E-state index < -0.39 is 0 Å². The van der Waals surface area contributed by atoms with E-state index in [4.69, 9.17) is 0 Å². The predicted octanol–water partition coefficient (Wildman–Crippen LogP) is 4.78. The summed E-state index contributed by atoms with van der Waals surface area (Å²) in [4.78, 5) is 7.03. The highest BCUT2D eigenvalue weighted by Crippen LogP contribution is 2.30. The molecular formula is C23H15BrN4O. The molecule has 0 bridgehead atoms. The first-order valence-corrected chi connectivity index (χ1v) is 9.83. The van der Waals surface area contributed by atoms with Crippen LogP contribution in [-0.4, -0.2) is 15.1 Å². The highest BCUT2D eigenvalue weighted by molar-refractivity contribution is 9.10. The van der Waals surface area contributed by atoms with E-state index in [0.29, 0.717) is 0 Å². The van der Waals surface area contributed by atoms with E-state index >= 15 is 0 Å². The molecule has 2 N–H and O–H groups in total. The number of fused-ring (bicyclic) bond motifs is 2. The van der Waals surface area contributed by atoms with Crippen LogP contribution in [0.15, 0.2) is 81.7 Å². The molecule has 2 aromatic carbocycles. The molecule has 0 saturated heterocycles. The number of aromatic hydroxyl groups is 1. The van der Waals surface area contributed by atoms with Gasteiger partial charge in [-0.1, -0.05) is 28.1 Å². The number of pyridine rings is 1. The van der Waals surface area contributed by atoms with E-state index in [1.54, 1.807) is 12.4 Å². The third-order valence-corrected chi connectivity index (χ3v) is 5.29. The van der Waals surface area contributed by atoms with Crippen molar-refractivity contribution in [2.75, 3.05) is 0 Å². The Morgan fingerprint density at radius 3 is 2.66 bits per heavy atom. The molecule has 0 aliphatic carbocycles. The molecule has 140 valence electrons. The van der Waals surface area contributed by atoms with Gasteiger partial charge in [-0.2, -0.15) is 0 Å². The minimum atomic E-state index is 0.146. The van der Waals surface area contributed by atoms with Gasteiger partial charge in [0.05, 0.1) is 11.4 Å². The Morgan fingerprint density at radius 2 is 1.79 bits per heavy atom. The number of H-pyrrole nitrogens is 1. The monoisotopic (exact) mass is 442 g/mol. The largest absolute Gasteiger partial charge is 0.494 e. The van der Waals surface area contributed by atoms with Crippen LogP contribution in [0.2, 0.25) is 0 Å². The number of aromatic amines is 1. The molecule has 1 aliphatic rings. The predicted molar refractivity (Wildman–Crippen MR) is 118 cm³/mol. The maximum atomic E-state index is 10.3. The van der Waals surface area contributed by atoms with Crippen molar-refractivity contribution in [1.29, 1.82) is 0 Å². The number of hydrogen-bond donors (Lipinski definition) is 2. The molecule has 0 saturated carbocycles. The van der Waals surface area contributed by atoms with Crippen molar-refractivity contribution in [1.82, 2.24) is 9.97 Å². The Hall–Kier alpha value is -3.51. The van der Waals surface area contributed by atoms with E-state index in [1.165, 1.54) is 0 Å². The first kappa shape index (κ1) is 17.6. The van der Waals surface area contributed by atoms with Crippen molar-refractivity contribution < 1.29 is 5.11 Å². The van der Waals surface area contributed by atoms with Crippen LogP contribution in [0, 0.1) is 0 Å². The zero-order valence-electron chi connectivity index (χ0n) is 15.2. The first-order chi connectivity index (χ1) is 14.2. The summed E-state index contributed by atoms with van der Waals surface area (Å²) in [5.41, 5.74) is 4.32. The van der Waals surface area contributed by atoms with Crippen molar-refractivity contribution in [3.63, 3.8) is 0 Å². The van der Waals surface area contributed by atoms with Gasteiger partial charge in [-0.25, -0.2) is 0 Å². The van der Waals surface area contributed by atoms with Crippen LogP contribution in [0.4, 0.5) is 5.69 Å². The third-order valence-electron chi connectivity index (χ3n) is 4.79. The second-order valence-corrected chi connectivity index (χ2v) is 7.61. The number of rotatable bonds is 3. The second-order valence-electron chi connectivity index (χ2n) is 6.70. The number of benzene rings is 2. The number of hydrogen-bond acceptors (Lipinski definition) is 4. The van der Waals surface area contributed by atoms with Crippen LogP contribution in [0.1, 0.15) is 11.1 Å². The van der Waals surface area contributed by atoms with Crippen LogP contribution in [0.25, 0.3) is 28.8 Å². The molecule has 5 nitrogen and oxygen atoms in total. The smallest absolute Gasteiger partial charge is 0.196 e. The number of halogens is 1. The van der Waals surface area contributed by atoms with Crippen molar-refractivity contribution in [2.24, 2.45) is 10.2 Å². The molecule has 1 aliphatic heterocycles. The minimum Gasteiger partial charge on any atom is -0.494 e. The zero-order valence-corrected chi connectivity index (χ0v) is 16.8. The maximum absolute atomic E-state index is 10.3. The van der Waals surface area contributed by atoms with E-state index in [1.807, 2.05) is 66.8 Å². The number of nitrogens with zero attached hydrogens (tertiary/aromatic N) is 3. The van der Waals surface area contributed by atoms with Crippen LogP contribution < -0.4 is 10.4 Å². The Kier molecular flexibility index (Phi) is 4.33. The fourth-order valence-corrected chi connectivity index (χ4v) is 3.72. The molecule has 6 heteroatoms. The average molecular weight is 443 g/mol. The standard InChI is InChI=1S/C23H15BrN4O/c24-16-3-6-20-18(13-16)19(23(29)26-20)11-15-1-4-17-21(27-28-22(17)12-15)5-2-14-7-9-25-10-8-14/h1-13,26,29H/b5-2+,15-11?. The summed E-state index contributed by atoms with van der Waals surface area (Å²) in [7, 11) is 0. The Balaban J connectivity index is 1.57.